The molecule has 0 radical (unpaired) electrons. The summed E-state index contributed by atoms with van der Waals surface area (Å²) in [6, 6.07) is 0. The Kier molecular flexibility index (Phi) is 6.48. The lowest BCUT2D eigenvalue weighted by atomic mass is 10.2. The van der Waals surface area contributed by atoms with Crippen molar-refractivity contribution in [3.05, 3.63) is 32.8 Å². The average Bonchev–Trinajstić information content (AvgIpc) is 3.37. The van der Waals surface area contributed by atoms with Gasteiger partial charge < -0.3 is 5.32 Å². The summed E-state index contributed by atoms with van der Waals surface area (Å²) in [7, 11) is 0. The van der Waals surface area contributed by atoms with E-state index in [1.807, 2.05) is 13.8 Å². The van der Waals surface area contributed by atoms with Gasteiger partial charge in [-0.3, -0.25) is 14.2 Å². The fourth-order valence-corrected chi connectivity index (χ4v) is 3.73. The summed E-state index contributed by atoms with van der Waals surface area (Å²) in [6.45, 7) is 4.80. The molecule has 0 atom stereocenters. The fourth-order valence-electron chi connectivity index (χ4n) is 3.20. The predicted octanol–water partition coefficient (Wildman–Crippen LogP) is 4.50. The number of nitrogens with one attached hydrogen (secondary N) is 1. The molecule has 3 rings (SSSR count). The third-order valence-corrected chi connectivity index (χ3v) is 5.80. The lowest BCUT2D eigenvalue weighted by molar-refractivity contribution is -0.141. The summed E-state index contributed by atoms with van der Waals surface area (Å²) in [4.78, 5) is 12.1. The van der Waals surface area contributed by atoms with Gasteiger partial charge in [0.15, 0.2) is 5.69 Å². The van der Waals surface area contributed by atoms with Gasteiger partial charge in [0.05, 0.1) is 33.7 Å². The van der Waals surface area contributed by atoms with Crippen LogP contribution in [0.3, 0.4) is 0 Å². The zero-order valence-corrected chi connectivity index (χ0v) is 17.6. The van der Waals surface area contributed by atoms with Gasteiger partial charge in [0.25, 0.3) is 0 Å². The van der Waals surface area contributed by atoms with Gasteiger partial charge in [-0.1, -0.05) is 23.2 Å². The van der Waals surface area contributed by atoms with Crippen LogP contribution in [0.5, 0.6) is 0 Å². The number of carbonyl (C=O) groups is 1. The number of aromatic nitrogens is 4. The Morgan fingerprint density at radius 3 is 2.38 bits per heavy atom. The van der Waals surface area contributed by atoms with Crippen LogP contribution in [0, 0.1) is 13.8 Å². The van der Waals surface area contributed by atoms with Crippen LogP contribution < -0.4 is 5.32 Å². The average molecular weight is 452 g/mol. The largest absolute Gasteiger partial charge is 0.436 e. The minimum absolute atomic E-state index is 0.0123. The molecule has 1 aliphatic rings. The molecule has 6 nitrogen and oxygen atoms in total. The Balaban J connectivity index is 1.50. The van der Waals surface area contributed by atoms with Gasteiger partial charge in [-0.05, 0) is 33.1 Å². The monoisotopic (exact) mass is 451 g/mol. The molecule has 1 N–H and O–H groups in total. The first-order valence-corrected chi connectivity index (χ1v) is 10.1. The second-order valence-electron chi connectivity index (χ2n) is 7.20. The molecule has 1 fully saturated rings. The Morgan fingerprint density at radius 2 is 1.83 bits per heavy atom. The van der Waals surface area contributed by atoms with E-state index in [1.165, 1.54) is 4.68 Å². The highest BCUT2D eigenvalue weighted by atomic mass is 35.5. The summed E-state index contributed by atoms with van der Waals surface area (Å²) < 4.78 is 42.2. The molecule has 11 heteroatoms. The van der Waals surface area contributed by atoms with Crippen LogP contribution in [-0.2, 0) is 24.1 Å². The summed E-state index contributed by atoms with van der Waals surface area (Å²) >= 11 is 12.0. The van der Waals surface area contributed by atoms with Gasteiger partial charge >= 0.3 is 6.18 Å². The van der Waals surface area contributed by atoms with Gasteiger partial charge in [0.1, 0.15) is 0 Å². The second-order valence-corrected chi connectivity index (χ2v) is 7.96. The Morgan fingerprint density at radius 1 is 1.14 bits per heavy atom. The highest BCUT2D eigenvalue weighted by Crippen LogP contribution is 2.46. The van der Waals surface area contributed by atoms with E-state index >= 15 is 0 Å². The number of halogens is 5. The van der Waals surface area contributed by atoms with Gasteiger partial charge in [-0.2, -0.15) is 23.4 Å². The normalized spacial score (nSPS) is 14.4. The molecule has 0 saturated heterocycles. The first-order valence-electron chi connectivity index (χ1n) is 9.39. The van der Waals surface area contributed by atoms with E-state index in [4.69, 9.17) is 23.2 Å². The SMILES string of the molecule is Cc1nn(CCCNC(=O)CCn2nc(C(F)(F)F)c(Cl)c2C2CC2)c(C)c1Cl. The van der Waals surface area contributed by atoms with Gasteiger partial charge in [0, 0.05) is 25.4 Å². The van der Waals surface area contributed by atoms with E-state index in [0.717, 1.165) is 24.2 Å². The van der Waals surface area contributed by atoms with E-state index in [0.29, 0.717) is 30.2 Å². The third kappa shape index (κ3) is 5.06. The van der Waals surface area contributed by atoms with E-state index < -0.39 is 11.9 Å². The molecule has 2 aromatic rings. The molecule has 2 heterocycles. The summed E-state index contributed by atoms with van der Waals surface area (Å²) in [5.41, 5.74) is 0.938. The molecule has 0 spiro atoms. The first-order chi connectivity index (χ1) is 13.6. The molecule has 1 amide bonds. The van der Waals surface area contributed by atoms with Gasteiger partial charge in [-0.15, -0.1) is 0 Å². The van der Waals surface area contributed by atoms with Crippen LogP contribution in [0.1, 0.15) is 54.4 Å². The maximum Gasteiger partial charge on any atom is 0.436 e. The maximum absolute atomic E-state index is 13.1. The summed E-state index contributed by atoms with van der Waals surface area (Å²) in [5, 5.41) is 11.0. The zero-order valence-electron chi connectivity index (χ0n) is 16.1. The highest BCUT2D eigenvalue weighted by molar-refractivity contribution is 6.32. The topological polar surface area (TPSA) is 64.7 Å². The molecule has 0 aliphatic heterocycles. The van der Waals surface area contributed by atoms with E-state index in [-0.39, 0.29) is 29.8 Å². The van der Waals surface area contributed by atoms with Gasteiger partial charge in [-0.25, -0.2) is 0 Å². The van der Waals surface area contributed by atoms with E-state index in [9.17, 15) is 18.0 Å². The minimum atomic E-state index is -4.61. The quantitative estimate of drug-likeness (QED) is 0.601. The zero-order chi connectivity index (χ0) is 21.3. The molecule has 1 aliphatic carbocycles. The van der Waals surface area contributed by atoms with Crippen molar-refractivity contribution in [1.82, 2.24) is 24.9 Å². The number of hydrogen-bond acceptors (Lipinski definition) is 3. The van der Waals surface area contributed by atoms with Crippen LogP contribution in [0.4, 0.5) is 13.2 Å². The standard InChI is InChI=1S/C18H22Cl2F3N5O/c1-10-14(19)11(2)27(25-10)8-3-7-24-13(29)6-9-28-16(12-4-5-12)15(20)17(26-28)18(21,22)23/h12H,3-9H2,1-2H3,(H,24,29). The van der Waals surface area contributed by atoms with Crippen molar-refractivity contribution < 1.29 is 18.0 Å². The third-order valence-electron chi connectivity index (χ3n) is 4.88. The number of rotatable bonds is 8. The Hall–Kier alpha value is -1.74. The van der Waals surface area contributed by atoms with Crippen LogP contribution in [0.25, 0.3) is 0 Å². The minimum Gasteiger partial charge on any atom is -0.356 e. The predicted molar refractivity (Wildman–Crippen MR) is 103 cm³/mol. The van der Waals surface area contributed by atoms with Crippen molar-refractivity contribution in [2.75, 3.05) is 6.54 Å². The van der Waals surface area contributed by atoms with Gasteiger partial charge in [0.2, 0.25) is 5.91 Å². The van der Waals surface area contributed by atoms with Crippen molar-refractivity contribution in [3.63, 3.8) is 0 Å². The van der Waals surface area contributed by atoms with Crippen molar-refractivity contribution in [3.8, 4) is 0 Å². The van der Waals surface area contributed by atoms with Crippen molar-refractivity contribution in [2.45, 2.75) is 64.7 Å². The summed E-state index contributed by atoms with van der Waals surface area (Å²) in [5.74, 6) is -0.264. The fraction of sp³-hybridized carbons (Fsp3) is 0.611. The lowest BCUT2D eigenvalue weighted by Gasteiger charge is -2.09. The van der Waals surface area contributed by atoms with Crippen LogP contribution >= 0.6 is 23.2 Å². The number of alkyl halides is 3. The Labute approximate surface area is 176 Å². The van der Waals surface area contributed by atoms with Crippen molar-refractivity contribution in [1.29, 1.82) is 0 Å². The molecule has 2 aromatic heterocycles. The Bertz CT molecular complexity index is 902. The molecule has 0 aromatic carbocycles. The van der Waals surface area contributed by atoms with Crippen LogP contribution in [0.2, 0.25) is 10.0 Å². The highest BCUT2D eigenvalue weighted by Gasteiger charge is 2.42. The van der Waals surface area contributed by atoms with Crippen LogP contribution in [0.15, 0.2) is 0 Å². The maximum atomic E-state index is 13.1. The molecule has 0 unspecified atom stereocenters. The summed E-state index contributed by atoms with van der Waals surface area (Å²) in [6.07, 6.45) is -2.36. The van der Waals surface area contributed by atoms with Crippen LogP contribution in [-0.4, -0.2) is 32.0 Å². The lowest BCUT2D eigenvalue weighted by Crippen LogP contribution is -2.26. The number of hydrogen-bond donors (Lipinski definition) is 1. The number of aryl methyl sites for hydroxylation is 3. The molecular formula is C18H22Cl2F3N5O. The molecule has 29 heavy (non-hydrogen) atoms. The first kappa shape index (κ1) is 22.0. The van der Waals surface area contributed by atoms with E-state index in [2.05, 4.69) is 15.5 Å². The molecule has 160 valence electrons. The number of nitrogens with zero attached hydrogens (tertiary/aromatic N) is 4. The molecule has 0 bridgehead atoms. The van der Waals surface area contributed by atoms with E-state index in [1.54, 1.807) is 4.68 Å². The molecule has 1 saturated carbocycles. The smallest absolute Gasteiger partial charge is 0.356 e. The number of amides is 1. The number of carbonyl (C=O) groups excluding carboxylic acids is 1. The van der Waals surface area contributed by atoms with Crippen molar-refractivity contribution >= 4 is 29.1 Å². The molecular weight excluding hydrogens is 430 g/mol. The van der Waals surface area contributed by atoms with Crippen molar-refractivity contribution in [2.24, 2.45) is 0 Å². The second kappa shape index (κ2) is 8.55.